The van der Waals surface area contributed by atoms with Crippen molar-refractivity contribution in [3.05, 3.63) is 271 Å². The Kier molecular flexibility index (Phi) is 14.9. The van der Waals surface area contributed by atoms with Crippen LogP contribution >= 0.6 is 0 Å². The minimum absolute atomic E-state index is 0.988. The molecule has 1 aliphatic rings. The summed E-state index contributed by atoms with van der Waals surface area (Å²) < 4.78 is 0. The summed E-state index contributed by atoms with van der Waals surface area (Å²) >= 11 is 0. The van der Waals surface area contributed by atoms with Crippen LogP contribution in [-0.2, 0) is 12.8 Å². The van der Waals surface area contributed by atoms with E-state index in [4.69, 9.17) is 0 Å². The first-order valence-corrected chi connectivity index (χ1v) is 21.5. The third-order valence-corrected chi connectivity index (χ3v) is 10.8. The minimum Gasteiger partial charge on any atom is -0.0991 e. The first-order valence-electron chi connectivity index (χ1n) is 21.5. The summed E-state index contributed by atoms with van der Waals surface area (Å²) in [6.45, 7) is 7.76. The molecule has 298 valence electrons. The van der Waals surface area contributed by atoms with Gasteiger partial charge in [0, 0.05) is 0 Å². The lowest BCUT2D eigenvalue weighted by molar-refractivity contribution is 1.00. The number of benzene rings is 8. The van der Waals surface area contributed by atoms with Gasteiger partial charge in [-0.3, -0.25) is 0 Å². The van der Waals surface area contributed by atoms with Gasteiger partial charge in [0.15, 0.2) is 0 Å². The van der Waals surface area contributed by atoms with Gasteiger partial charge >= 0.3 is 0 Å². The molecule has 0 N–H and O–H groups in total. The van der Waals surface area contributed by atoms with E-state index in [-0.39, 0.29) is 0 Å². The van der Waals surface area contributed by atoms with E-state index >= 15 is 0 Å². The topological polar surface area (TPSA) is 0 Å². The fourth-order valence-corrected chi connectivity index (χ4v) is 7.85. The monoisotopic (exact) mass is 786 g/mol. The molecule has 0 aliphatic heterocycles. The molecule has 0 nitrogen and oxygen atoms in total. The van der Waals surface area contributed by atoms with Crippen LogP contribution in [0.4, 0.5) is 0 Å². The second kappa shape index (κ2) is 21.6. The molecule has 0 amide bonds. The van der Waals surface area contributed by atoms with Crippen molar-refractivity contribution in [2.45, 2.75) is 33.1 Å². The van der Waals surface area contributed by atoms with E-state index in [9.17, 15) is 0 Å². The molecule has 1 aliphatic carbocycles. The number of fused-ring (bicyclic) bond motifs is 1. The van der Waals surface area contributed by atoms with Gasteiger partial charge in [0.1, 0.15) is 0 Å². The van der Waals surface area contributed by atoms with Crippen molar-refractivity contribution in [3.8, 4) is 44.5 Å². The zero-order chi connectivity index (χ0) is 42.1. The molecule has 0 unspecified atom stereocenters. The van der Waals surface area contributed by atoms with Gasteiger partial charge in [-0.15, -0.1) is 0 Å². The molecular weight excluding hydrogens is 733 g/mol. The number of hydrogen-bond donors (Lipinski definition) is 0. The van der Waals surface area contributed by atoms with Crippen LogP contribution < -0.4 is 0 Å². The van der Waals surface area contributed by atoms with Crippen molar-refractivity contribution in [1.29, 1.82) is 0 Å². The molecule has 0 saturated carbocycles. The number of rotatable bonds is 10. The lowest BCUT2D eigenvalue weighted by atomic mass is 9.85. The quantitative estimate of drug-likeness (QED) is 0.121. The van der Waals surface area contributed by atoms with Crippen LogP contribution in [0.15, 0.2) is 237 Å². The SMILES string of the molecule is C=C/C=C\C=Cc1cc(-c2ccccc2)cc(-c2ccc(-c3ccccc3C3=Cc4ccccc4CC3)cc2)c1.CC.c1ccc(Cc2cccc(-c3ccccc3)c2)cc1. The van der Waals surface area contributed by atoms with Crippen LogP contribution in [0.2, 0.25) is 0 Å². The molecule has 8 aromatic carbocycles. The van der Waals surface area contributed by atoms with Gasteiger partial charge in [0.2, 0.25) is 0 Å². The van der Waals surface area contributed by atoms with E-state index in [1.165, 1.54) is 83.5 Å². The number of hydrogen-bond acceptors (Lipinski definition) is 0. The highest BCUT2D eigenvalue weighted by Crippen LogP contribution is 2.37. The average Bonchev–Trinajstić information content (AvgIpc) is 3.34. The molecule has 9 rings (SSSR count). The van der Waals surface area contributed by atoms with Gasteiger partial charge in [-0.1, -0.05) is 245 Å². The minimum atomic E-state index is 0.988. The molecule has 0 saturated heterocycles. The molecule has 0 bridgehead atoms. The predicted octanol–water partition coefficient (Wildman–Crippen LogP) is 16.9. The van der Waals surface area contributed by atoms with E-state index in [0.717, 1.165) is 19.3 Å². The molecule has 0 heterocycles. The van der Waals surface area contributed by atoms with Gasteiger partial charge in [0.25, 0.3) is 0 Å². The van der Waals surface area contributed by atoms with Crippen LogP contribution in [0.5, 0.6) is 0 Å². The van der Waals surface area contributed by atoms with E-state index < -0.39 is 0 Å². The molecule has 0 radical (unpaired) electrons. The van der Waals surface area contributed by atoms with Crippen LogP contribution in [0.1, 0.15) is 53.6 Å². The van der Waals surface area contributed by atoms with Crippen molar-refractivity contribution < 1.29 is 0 Å². The molecule has 61 heavy (non-hydrogen) atoms. The Hall–Kier alpha value is -7.28. The third kappa shape index (κ3) is 11.3. The summed E-state index contributed by atoms with van der Waals surface area (Å²) in [5, 5.41) is 0. The van der Waals surface area contributed by atoms with Crippen molar-refractivity contribution in [2.75, 3.05) is 0 Å². The Morgan fingerprint density at radius 2 is 0.951 bits per heavy atom. The molecule has 0 spiro atoms. The molecular formula is C61H54. The second-order valence-electron chi connectivity index (χ2n) is 14.9. The second-order valence-corrected chi connectivity index (χ2v) is 14.9. The summed E-state index contributed by atoms with van der Waals surface area (Å²) in [6.07, 6.45) is 15.5. The van der Waals surface area contributed by atoms with E-state index in [1.807, 2.05) is 26.0 Å². The van der Waals surface area contributed by atoms with Crippen LogP contribution in [0, 0.1) is 0 Å². The van der Waals surface area contributed by atoms with E-state index in [2.05, 4.69) is 231 Å². The Balaban J connectivity index is 0.000000223. The van der Waals surface area contributed by atoms with Crippen LogP contribution in [-0.4, -0.2) is 0 Å². The molecule has 0 atom stereocenters. The first-order chi connectivity index (χ1) is 30.2. The maximum atomic E-state index is 3.76. The largest absolute Gasteiger partial charge is 0.0991 e. The van der Waals surface area contributed by atoms with Gasteiger partial charge in [-0.2, -0.15) is 0 Å². The standard InChI is InChI=1S/C40H32.C19H16.C2H6/c1-2-3-4-6-13-30-26-37(31-14-7-5-8-15-31)29-38(27-30)33-20-23-34(24-21-33)39-18-11-12-19-40(39)36-25-22-32-16-9-10-17-35(32)28-36;1-3-8-16(9-4-1)14-17-10-7-13-19(15-17)18-11-5-2-6-12-18;1-2/h2-21,23-24,26-29H,1,22,25H2;1-13,15H,14H2;1-2H3/b4-3-,13-6?;;. The smallest absolute Gasteiger partial charge is 0.00256 e. The predicted molar refractivity (Wildman–Crippen MR) is 266 cm³/mol. The Morgan fingerprint density at radius 1 is 0.410 bits per heavy atom. The van der Waals surface area contributed by atoms with Crippen molar-refractivity contribution in [3.63, 3.8) is 0 Å². The van der Waals surface area contributed by atoms with Crippen LogP contribution in [0.25, 0.3) is 62.2 Å². The number of aryl methyl sites for hydroxylation is 1. The van der Waals surface area contributed by atoms with Gasteiger partial charge in [-0.25, -0.2) is 0 Å². The molecule has 8 aromatic rings. The molecule has 0 fully saturated rings. The lowest BCUT2D eigenvalue weighted by Gasteiger charge is -2.19. The Morgan fingerprint density at radius 3 is 1.64 bits per heavy atom. The zero-order valence-electron chi connectivity index (χ0n) is 35.4. The average molecular weight is 787 g/mol. The Bertz CT molecular complexity index is 2710. The van der Waals surface area contributed by atoms with Gasteiger partial charge in [0.05, 0.1) is 0 Å². The summed E-state index contributed by atoms with van der Waals surface area (Å²) in [6, 6.07) is 73.9. The summed E-state index contributed by atoms with van der Waals surface area (Å²) in [5.74, 6) is 0. The highest BCUT2D eigenvalue weighted by molar-refractivity contribution is 5.91. The van der Waals surface area contributed by atoms with E-state index in [1.54, 1.807) is 6.08 Å². The maximum absolute atomic E-state index is 3.76. The number of allylic oxidation sites excluding steroid dienone is 5. The highest BCUT2D eigenvalue weighted by Gasteiger charge is 2.15. The summed E-state index contributed by atoms with van der Waals surface area (Å²) in [5.41, 5.74) is 19.3. The van der Waals surface area contributed by atoms with Gasteiger partial charge < -0.3 is 0 Å². The molecule has 0 heteroatoms. The van der Waals surface area contributed by atoms with Crippen LogP contribution in [0.3, 0.4) is 0 Å². The lowest BCUT2D eigenvalue weighted by Crippen LogP contribution is -2.00. The fourth-order valence-electron chi connectivity index (χ4n) is 7.85. The van der Waals surface area contributed by atoms with Crippen molar-refractivity contribution in [2.24, 2.45) is 0 Å². The maximum Gasteiger partial charge on any atom is -0.00256 e. The zero-order valence-corrected chi connectivity index (χ0v) is 35.4. The van der Waals surface area contributed by atoms with Gasteiger partial charge in [-0.05, 0) is 121 Å². The van der Waals surface area contributed by atoms with Crippen molar-refractivity contribution >= 4 is 17.7 Å². The third-order valence-electron chi connectivity index (χ3n) is 10.8. The van der Waals surface area contributed by atoms with E-state index in [0.29, 0.717) is 0 Å². The summed E-state index contributed by atoms with van der Waals surface area (Å²) in [7, 11) is 0. The molecule has 0 aromatic heterocycles. The fraction of sp³-hybridized carbons (Fsp3) is 0.0820. The Labute approximate surface area is 364 Å². The summed E-state index contributed by atoms with van der Waals surface area (Å²) in [4.78, 5) is 0. The first kappa shape index (κ1) is 41.9. The van der Waals surface area contributed by atoms with Crippen molar-refractivity contribution in [1.82, 2.24) is 0 Å². The highest BCUT2D eigenvalue weighted by atomic mass is 14.2. The normalized spacial score (nSPS) is 11.7.